The average molecular weight is 367 g/mol. The van der Waals surface area contributed by atoms with Crippen molar-refractivity contribution in [2.75, 3.05) is 26.3 Å². The first kappa shape index (κ1) is 19.0. The molecule has 144 valence electrons. The maximum atomic E-state index is 12.9. The number of carbonyl (C=O) groups is 2. The van der Waals surface area contributed by atoms with E-state index in [0.717, 1.165) is 0 Å². The molecule has 8 heteroatoms. The minimum Gasteiger partial charge on any atom is -0.632 e. The van der Waals surface area contributed by atoms with Crippen LogP contribution >= 0.6 is 0 Å². The largest absolute Gasteiger partial charge is 0.632 e. The Morgan fingerprint density at radius 2 is 2.19 bits per heavy atom. The fourth-order valence-corrected chi connectivity index (χ4v) is 4.08. The molecule has 0 aromatic rings. The first-order valence-corrected chi connectivity index (χ1v) is 8.88. The van der Waals surface area contributed by atoms with Crippen LogP contribution in [-0.4, -0.2) is 70.8 Å². The average Bonchev–Trinajstić information content (AvgIpc) is 3.11. The molecule has 0 aromatic carbocycles. The highest BCUT2D eigenvalue weighted by atomic mass is 16.6. The van der Waals surface area contributed by atoms with Crippen molar-refractivity contribution < 1.29 is 33.9 Å². The Morgan fingerprint density at radius 1 is 1.46 bits per heavy atom. The van der Waals surface area contributed by atoms with Gasteiger partial charge in [0.05, 0.1) is 19.7 Å². The van der Waals surface area contributed by atoms with Crippen LogP contribution in [0.5, 0.6) is 0 Å². The standard InChI is InChI=1S/C18H25NO7/c1-3-12-8-11(2)18(23,10-20)17(22)25-9-13-4-6-19(24)7-5-14(15(13)19)26-16(12)21/h3-4,11,14-15,20,23H,5-10H2,1-2H3/t11?,14?,15?,18-,19?/m1/s1. The molecule has 4 unspecified atom stereocenters. The van der Waals surface area contributed by atoms with E-state index in [0.29, 0.717) is 18.5 Å². The summed E-state index contributed by atoms with van der Waals surface area (Å²) >= 11 is 0. The Morgan fingerprint density at radius 3 is 2.85 bits per heavy atom. The molecule has 3 rings (SSSR count). The Balaban J connectivity index is 1.96. The van der Waals surface area contributed by atoms with E-state index in [1.807, 2.05) is 0 Å². The molecule has 2 N–H and O–H groups in total. The minimum atomic E-state index is -2.13. The lowest BCUT2D eigenvalue weighted by molar-refractivity contribution is -0.877. The van der Waals surface area contributed by atoms with E-state index in [1.54, 1.807) is 26.0 Å². The molecule has 3 aliphatic rings. The Labute approximate surface area is 151 Å². The molecule has 0 aromatic heterocycles. The maximum absolute atomic E-state index is 12.9. The summed E-state index contributed by atoms with van der Waals surface area (Å²) in [4.78, 5) is 25.0. The van der Waals surface area contributed by atoms with Crippen LogP contribution in [0.3, 0.4) is 0 Å². The van der Waals surface area contributed by atoms with Crippen molar-refractivity contribution in [1.29, 1.82) is 0 Å². The summed E-state index contributed by atoms with van der Waals surface area (Å²) in [6, 6.07) is -0.594. The number of ether oxygens (including phenoxy) is 2. The highest BCUT2D eigenvalue weighted by molar-refractivity contribution is 5.89. The predicted octanol–water partition coefficient (Wildman–Crippen LogP) is 0.178. The quantitative estimate of drug-likeness (QED) is 0.223. The van der Waals surface area contributed by atoms with Gasteiger partial charge in [-0.05, 0) is 19.4 Å². The van der Waals surface area contributed by atoms with Crippen LogP contribution in [0.2, 0.25) is 0 Å². The third-order valence-electron chi connectivity index (χ3n) is 5.87. The second-order valence-corrected chi connectivity index (χ2v) is 7.39. The topological polar surface area (TPSA) is 116 Å². The molecule has 26 heavy (non-hydrogen) atoms. The molecule has 2 saturated heterocycles. The molecule has 0 saturated carbocycles. The van der Waals surface area contributed by atoms with Crippen LogP contribution in [0, 0.1) is 11.1 Å². The summed E-state index contributed by atoms with van der Waals surface area (Å²) < 4.78 is 10.4. The van der Waals surface area contributed by atoms with Gasteiger partial charge in [0.1, 0.15) is 6.61 Å². The van der Waals surface area contributed by atoms with Gasteiger partial charge in [0.25, 0.3) is 0 Å². The van der Waals surface area contributed by atoms with Gasteiger partial charge < -0.3 is 29.5 Å². The number of quaternary nitrogens is 1. The van der Waals surface area contributed by atoms with E-state index >= 15 is 0 Å². The first-order valence-electron chi connectivity index (χ1n) is 8.88. The van der Waals surface area contributed by atoms with Crippen LogP contribution in [0.1, 0.15) is 26.7 Å². The van der Waals surface area contributed by atoms with Crippen molar-refractivity contribution in [3.05, 3.63) is 28.5 Å². The monoisotopic (exact) mass is 367 g/mol. The van der Waals surface area contributed by atoms with Gasteiger partial charge in [-0.3, -0.25) is 0 Å². The molecule has 0 radical (unpaired) electrons. The summed E-state index contributed by atoms with van der Waals surface area (Å²) in [5.41, 5.74) is -1.25. The number of cyclic esters (lactones) is 1. The van der Waals surface area contributed by atoms with Crippen molar-refractivity contribution in [1.82, 2.24) is 0 Å². The fraction of sp³-hybridized carbons (Fsp3) is 0.667. The summed E-state index contributed by atoms with van der Waals surface area (Å²) in [6.07, 6.45) is 3.22. The van der Waals surface area contributed by atoms with Crippen molar-refractivity contribution in [2.24, 2.45) is 5.92 Å². The summed E-state index contributed by atoms with van der Waals surface area (Å²) in [5.74, 6) is -2.27. The molecule has 2 fully saturated rings. The summed E-state index contributed by atoms with van der Waals surface area (Å²) in [6.45, 7) is 2.81. The van der Waals surface area contributed by atoms with E-state index in [1.165, 1.54) is 0 Å². The van der Waals surface area contributed by atoms with Gasteiger partial charge in [0.2, 0.25) is 0 Å². The molecule has 5 atom stereocenters. The smallest absolute Gasteiger partial charge is 0.341 e. The van der Waals surface area contributed by atoms with Crippen LogP contribution in [-0.2, 0) is 19.1 Å². The van der Waals surface area contributed by atoms with Crippen LogP contribution in [0.25, 0.3) is 0 Å². The van der Waals surface area contributed by atoms with Gasteiger partial charge in [-0.2, -0.15) is 0 Å². The molecule has 0 amide bonds. The molecule has 3 aliphatic heterocycles. The molecule has 3 heterocycles. The lowest BCUT2D eigenvalue weighted by Crippen LogP contribution is -2.51. The van der Waals surface area contributed by atoms with E-state index in [9.17, 15) is 25.0 Å². The predicted molar refractivity (Wildman–Crippen MR) is 90.3 cm³/mol. The number of carbonyl (C=O) groups excluding carboxylic acids is 2. The molecular weight excluding hydrogens is 342 g/mol. The van der Waals surface area contributed by atoms with Crippen molar-refractivity contribution in [3.63, 3.8) is 0 Å². The summed E-state index contributed by atoms with van der Waals surface area (Å²) in [7, 11) is 0. The number of aliphatic hydroxyl groups excluding tert-OH is 1. The van der Waals surface area contributed by atoms with E-state index in [4.69, 9.17) is 9.47 Å². The number of hydrogen-bond donors (Lipinski definition) is 2. The number of allylic oxidation sites excluding steroid dienone is 1. The zero-order chi connectivity index (χ0) is 19.1. The third-order valence-corrected chi connectivity index (χ3v) is 5.87. The first-order chi connectivity index (χ1) is 12.2. The molecule has 0 spiro atoms. The Kier molecular flexibility index (Phi) is 4.96. The molecular formula is C18H25NO7. The number of hydroxylamine groups is 3. The normalized spacial score (nSPS) is 42.4. The van der Waals surface area contributed by atoms with E-state index in [2.05, 4.69) is 0 Å². The zero-order valence-corrected chi connectivity index (χ0v) is 15.0. The number of nitrogens with zero attached hydrogens (tertiary/aromatic N) is 1. The fourth-order valence-electron chi connectivity index (χ4n) is 4.08. The van der Waals surface area contributed by atoms with E-state index in [-0.39, 0.29) is 25.1 Å². The highest BCUT2D eigenvalue weighted by Crippen LogP contribution is 2.39. The van der Waals surface area contributed by atoms with Crippen LogP contribution in [0.15, 0.2) is 23.3 Å². The van der Waals surface area contributed by atoms with Gasteiger partial charge in [-0.25, -0.2) is 9.59 Å². The second kappa shape index (κ2) is 6.77. The number of rotatable bonds is 1. The Bertz CT molecular complexity index is 672. The number of esters is 2. The zero-order valence-electron chi connectivity index (χ0n) is 15.0. The number of aliphatic hydroxyl groups is 2. The van der Waals surface area contributed by atoms with Crippen molar-refractivity contribution >= 4 is 11.9 Å². The van der Waals surface area contributed by atoms with E-state index < -0.39 is 46.9 Å². The van der Waals surface area contributed by atoms with Crippen molar-refractivity contribution in [3.8, 4) is 0 Å². The van der Waals surface area contributed by atoms with Gasteiger partial charge in [-0.15, -0.1) is 0 Å². The maximum Gasteiger partial charge on any atom is 0.341 e. The lowest BCUT2D eigenvalue weighted by Gasteiger charge is -2.41. The minimum absolute atomic E-state index is 0.0406. The third kappa shape index (κ3) is 2.96. The second-order valence-electron chi connectivity index (χ2n) is 7.39. The van der Waals surface area contributed by atoms with Gasteiger partial charge in [-0.1, -0.05) is 13.0 Å². The summed E-state index contributed by atoms with van der Waals surface area (Å²) in [5, 5.41) is 33.1. The highest BCUT2D eigenvalue weighted by Gasteiger charge is 2.51. The van der Waals surface area contributed by atoms with Gasteiger partial charge in [0, 0.05) is 23.5 Å². The molecule has 0 bridgehead atoms. The van der Waals surface area contributed by atoms with Crippen LogP contribution < -0.4 is 0 Å². The van der Waals surface area contributed by atoms with Crippen molar-refractivity contribution in [2.45, 2.75) is 44.4 Å². The molecule has 8 nitrogen and oxygen atoms in total. The van der Waals surface area contributed by atoms with Crippen LogP contribution in [0.4, 0.5) is 0 Å². The van der Waals surface area contributed by atoms with Gasteiger partial charge >= 0.3 is 11.9 Å². The van der Waals surface area contributed by atoms with Gasteiger partial charge in [0.15, 0.2) is 17.7 Å². The molecule has 0 aliphatic carbocycles. The SMILES string of the molecule is CC=C1CC(C)[C@](O)(CO)C(=O)OCC2=CC[N+]3([O-])CCC(OC1=O)C23. The Hall–Kier alpha value is -1.74. The lowest BCUT2D eigenvalue weighted by atomic mass is 9.84. The number of hydrogen-bond acceptors (Lipinski definition) is 7.